The van der Waals surface area contributed by atoms with Crippen molar-refractivity contribution in [2.24, 2.45) is 5.10 Å². The normalized spacial score (nSPS) is 11.9. The molecule has 0 radical (unpaired) electrons. The number of hydrogen-bond donors (Lipinski definition) is 1. The summed E-state index contributed by atoms with van der Waals surface area (Å²) >= 11 is 1.33. The largest absolute Gasteiger partial charge is 0.417 e. The van der Waals surface area contributed by atoms with Crippen LogP contribution in [0.3, 0.4) is 0 Å². The number of aromatic nitrogens is 1. The first kappa shape index (κ1) is 20.9. The van der Waals surface area contributed by atoms with Crippen molar-refractivity contribution in [2.75, 3.05) is 5.75 Å². The van der Waals surface area contributed by atoms with Gasteiger partial charge in [-0.1, -0.05) is 29.8 Å². The molecular formula is C21H18F3N3OS. The van der Waals surface area contributed by atoms with Crippen LogP contribution in [0.2, 0.25) is 0 Å². The Morgan fingerprint density at radius 3 is 2.69 bits per heavy atom. The van der Waals surface area contributed by atoms with Crippen molar-refractivity contribution < 1.29 is 18.0 Å². The van der Waals surface area contributed by atoms with Gasteiger partial charge in [-0.25, -0.2) is 5.43 Å². The number of nitrogens with zero attached hydrogens (tertiary/aromatic N) is 2. The van der Waals surface area contributed by atoms with Crippen molar-refractivity contribution in [1.29, 1.82) is 0 Å². The number of alkyl halides is 3. The zero-order chi connectivity index (χ0) is 21.0. The lowest BCUT2D eigenvalue weighted by Gasteiger charge is -2.09. The van der Waals surface area contributed by atoms with Gasteiger partial charge >= 0.3 is 6.18 Å². The smallest absolute Gasteiger partial charge is 0.272 e. The topological polar surface area (TPSA) is 54.4 Å². The highest BCUT2D eigenvalue weighted by Gasteiger charge is 2.32. The number of fused-ring (bicyclic) bond motifs is 1. The Bertz CT molecular complexity index is 1080. The van der Waals surface area contributed by atoms with Gasteiger partial charge in [-0.2, -0.15) is 18.3 Å². The number of rotatable bonds is 5. The number of amides is 1. The molecule has 1 N–H and O–H groups in total. The van der Waals surface area contributed by atoms with Gasteiger partial charge in [0, 0.05) is 21.5 Å². The van der Waals surface area contributed by atoms with E-state index in [2.05, 4.69) is 15.5 Å². The number of carbonyl (C=O) groups excluding carboxylic acids is 1. The molecule has 0 spiro atoms. The zero-order valence-corrected chi connectivity index (χ0v) is 16.6. The molecule has 3 rings (SSSR count). The SMILES string of the molecule is Cc1ccc2nc(C)cc(SCC(=O)NN=Cc3ccccc3C(F)(F)F)c2c1. The molecule has 0 saturated carbocycles. The molecule has 0 aliphatic rings. The van der Waals surface area contributed by atoms with Gasteiger partial charge in [-0.15, -0.1) is 11.8 Å². The Morgan fingerprint density at radius 2 is 1.93 bits per heavy atom. The van der Waals surface area contributed by atoms with E-state index in [1.54, 1.807) is 0 Å². The van der Waals surface area contributed by atoms with Crippen molar-refractivity contribution in [1.82, 2.24) is 10.4 Å². The summed E-state index contributed by atoms with van der Waals surface area (Å²) in [6, 6.07) is 12.9. The van der Waals surface area contributed by atoms with Gasteiger partial charge in [0.05, 0.1) is 23.0 Å². The maximum atomic E-state index is 13.0. The molecule has 4 nitrogen and oxygen atoms in total. The summed E-state index contributed by atoms with van der Waals surface area (Å²) < 4.78 is 38.9. The average molecular weight is 417 g/mol. The minimum atomic E-state index is -4.49. The van der Waals surface area contributed by atoms with E-state index < -0.39 is 17.6 Å². The molecule has 0 fully saturated rings. The summed E-state index contributed by atoms with van der Waals surface area (Å²) in [5.74, 6) is -0.337. The molecular weight excluding hydrogens is 399 g/mol. The van der Waals surface area contributed by atoms with Gasteiger partial charge in [0.15, 0.2) is 0 Å². The Morgan fingerprint density at radius 1 is 1.17 bits per heavy atom. The van der Waals surface area contributed by atoms with Gasteiger partial charge in [0.2, 0.25) is 5.91 Å². The monoisotopic (exact) mass is 417 g/mol. The van der Waals surface area contributed by atoms with Crippen LogP contribution in [-0.2, 0) is 11.0 Å². The molecule has 2 aromatic carbocycles. The van der Waals surface area contributed by atoms with Crippen LogP contribution >= 0.6 is 11.8 Å². The van der Waals surface area contributed by atoms with Crippen LogP contribution < -0.4 is 5.43 Å². The molecule has 1 aromatic heterocycles. The zero-order valence-electron chi connectivity index (χ0n) is 15.7. The summed E-state index contributed by atoms with van der Waals surface area (Å²) in [7, 11) is 0. The first-order chi connectivity index (χ1) is 13.7. The van der Waals surface area contributed by atoms with E-state index in [1.807, 2.05) is 38.1 Å². The fraction of sp³-hybridized carbons (Fsp3) is 0.190. The lowest BCUT2D eigenvalue weighted by molar-refractivity contribution is -0.137. The second kappa shape index (κ2) is 8.65. The highest BCUT2D eigenvalue weighted by Crippen LogP contribution is 2.31. The molecule has 0 aliphatic heterocycles. The van der Waals surface area contributed by atoms with Crippen molar-refractivity contribution in [3.63, 3.8) is 0 Å². The molecule has 0 saturated heterocycles. The van der Waals surface area contributed by atoms with Crippen LogP contribution in [0.1, 0.15) is 22.4 Å². The number of halogens is 3. The van der Waals surface area contributed by atoms with Crippen LogP contribution in [-0.4, -0.2) is 22.9 Å². The lowest BCUT2D eigenvalue weighted by Crippen LogP contribution is -2.20. The van der Waals surface area contributed by atoms with Crippen LogP contribution in [0.25, 0.3) is 10.9 Å². The van der Waals surface area contributed by atoms with E-state index >= 15 is 0 Å². The first-order valence-corrected chi connectivity index (χ1v) is 9.71. The van der Waals surface area contributed by atoms with Gasteiger partial charge in [-0.05, 0) is 38.1 Å². The van der Waals surface area contributed by atoms with Crippen molar-refractivity contribution in [3.05, 3.63) is 70.9 Å². The number of carbonyl (C=O) groups is 1. The second-order valence-electron chi connectivity index (χ2n) is 6.45. The van der Waals surface area contributed by atoms with Crippen LogP contribution in [0, 0.1) is 13.8 Å². The predicted octanol–water partition coefficient (Wildman–Crippen LogP) is 5.11. The molecule has 8 heteroatoms. The third-order valence-corrected chi connectivity index (χ3v) is 5.13. The Hall–Kier alpha value is -2.87. The fourth-order valence-corrected chi connectivity index (χ4v) is 3.70. The van der Waals surface area contributed by atoms with E-state index in [4.69, 9.17) is 0 Å². The molecule has 29 heavy (non-hydrogen) atoms. The van der Waals surface area contributed by atoms with Crippen molar-refractivity contribution in [2.45, 2.75) is 24.9 Å². The van der Waals surface area contributed by atoms with Gasteiger partial charge in [0.25, 0.3) is 0 Å². The maximum absolute atomic E-state index is 13.0. The summed E-state index contributed by atoms with van der Waals surface area (Å²) in [5.41, 5.74) is 4.14. The first-order valence-electron chi connectivity index (χ1n) is 8.73. The highest BCUT2D eigenvalue weighted by atomic mass is 32.2. The van der Waals surface area contributed by atoms with Crippen molar-refractivity contribution in [3.8, 4) is 0 Å². The minimum absolute atomic E-state index is 0.0742. The summed E-state index contributed by atoms with van der Waals surface area (Å²) in [6.07, 6.45) is -3.48. The number of aryl methyl sites for hydroxylation is 2. The standard InChI is InChI=1S/C21H18F3N3OS/c1-13-7-8-18-16(9-13)19(10-14(2)26-18)29-12-20(28)27-25-11-15-5-3-4-6-17(15)21(22,23)24/h3-11H,12H2,1-2H3,(H,27,28). The molecule has 0 unspecified atom stereocenters. The van der Waals surface area contributed by atoms with Gasteiger partial charge < -0.3 is 0 Å². The molecule has 0 aliphatic carbocycles. The third kappa shape index (κ3) is 5.35. The fourth-order valence-electron chi connectivity index (χ4n) is 2.77. The molecule has 1 heterocycles. The van der Waals surface area contributed by atoms with E-state index in [-0.39, 0.29) is 11.3 Å². The maximum Gasteiger partial charge on any atom is 0.417 e. The van der Waals surface area contributed by atoms with Gasteiger partial charge in [0.1, 0.15) is 0 Å². The Balaban J connectivity index is 1.67. The summed E-state index contributed by atoms with van der Waals surface area (Å²) in [5, 5.41) is 4.63. The quantitative estimate of drug-likeness (QED) is 0.356. The van der Waals surface area contributed by atoms with E-state index in [9.17, 15) is 18.0 Å². The van der Waals surface area contributed by atoms with E-state index in [0.29, 0.717) is 0 Å². The molecule has 3 aromatic rings. The number of thioether (sulfide) groups is 1. The molecule has 0 atom stereocenters. The van der Waals surface area contributed by atoms with E-state index in [0.717, 1.165) is 39.3 Å². The number of hydrogen-bond acceptors (Lipinski definition) is 4. The Labute approximate surface area is 170 Å². The molecule has 1 amide bonds. The summed E-state index contributed by atoms with van der Waals surface area (Å²) in [4.78, 5) is 17.5. The highest BCUT2D eigenvalue weighted by molar-refractivity contribution is 8.00. The van der Waals surface area contributed by atoms with Crippen LogP contribution in [0.4, 0.5) is 13.2 Å². The van der Waals surface area contributed by atoms with E-state index in [1.165, 1.54) is 30.0 Å². The molecule has 0 bridgehead atoms. The number of pyridine rings is 1. The van der Waals surface area contributed by atoms with Crippen molar-refractivity contribution >= 4 is 34.8 Å². The molecule has 150 valence electrons. The van der Waals surface area contributed by atoms with Crippen LogP contribution in [0.15, 0.2) is 58.5 Å². The number of hydrazone groups is 1. The van der Waals surface area contributed by atoms with Gasteiger partial charge in [-0.3, -0.25) is 9.78 Å². The van der Waals surface area contributed by atoms with Crippen LogP contribution in [0.5, 0.6) is 0 Å². The third-order valence-electron chi connectivity index (χ3n) is 4.07. The summed E-state index contributed by atoms with van der Waals surface area (Å²) in [6.45, 7) is 3.86. The predicted molar refractivity (Wildman–Crippen MR) is 109 cm³/mol. The Kier molecular flexibility index (Phi) is 6.22. The lowest BCUT2D eigenvalue weighted by atomic mass is 10.1. The number of benzene rings is 2. The second-order valence-corrected chi connectivity index (χ2v) is 7.47. The minimum Gasteiger partial charge on any atom is -0.272 e. The number of nitrogens with one attached hydrogen (secondary N) is 1. The average Bonchev–Trinajstić information content (AvgIpc) is 2.66.